The first-order chi connectivity index (χ1) is 17.9. The van der Waals surface area contributed by atoms with E-state index >= 15 is 0 Å². The van der Waals surface area contributed by atoms with Gasteiger partial charge in [0.05, 0.1) is 11.7 Å². The van der Waals surface area contributed by atoms with Crippen molar-refractivity contribution in [1.29, 1.82) is 0 Å². The van der Waals surface area contributed by atoms with Gasteiger partial charge < -0.3 is 45.9 Å². The molecule has 5 atom stereocenters. The third kappa shape index (κ3) is 4.26. The zero-order chi connectivity index (χ0) is 28.1. The zero-order valence-electron chi connectivity index (χ0n) is 21.9. The van der Waals surface area contributed by atoms with Gasteiger partial charge in [0, 0.05) is 64.1 Å². The lowest BCUT2D eigenvalue weighted by molar-refractivity contribution is -0.174. The van der Waals surface area contributed by atoms with Crippen molar-refractivity contribution < 1.29 is 44.3 Å². The maximum Gasteiger partial charge on any atom is 0.230 e. The van der Waals surface area contributed by atoms with Crippen molar-refractivity contribution in [3.8, 4) is 5.75 Å². The summed E-state index contributed by atoms with van der Waals surface area (Å²) in [6.45, 7) is 0.504. The third-order valence-corrected chi connectivity index (χ3v) is 8.07. The van der Waals surface area contributed by atoms with Crippen molar-refractivity contribution in [1.82, 2.24) is 5.32 Å². The summed E-state index contributed by atoms with van der Waals surface area (Å²) >= 11 is 0. The molecular weight excluding hydrogens is 498 g/mol. The fraction of sp³-hybridized carbons (Fsp3) is 0.577. The molecule has 0 spiro atoms. The van der Waals surface area contributed by atoms with Crippen molar-refractivity contribution in [2.24, 2.45) is 23.5 Å². The molecule has 1 aromatic rings. The molecule has 4 rings (SSSR count). The molecule has 12 heteroatoms. The van der Waals surface area contributed by atoms with Crippen molar-refractivity contribution in [3.63, 3.8) is 0 Å². The van der Waals surface area contributed by atoms with E-state index in [0.29, 0.717) is 17.7 Å². The van der Waals surface area contributed by atoms with E-state index in [4.69, 9.17) is 15.2 Å². The SMILES string of the molecule is COC(CNCc1cc(N(C)C)c2c(c1O)C(O)=C1C(=O)[C@]3(O)C(=O)C(C(N)=O)C(O)C[C@@H]3C[C@@H]1C2)OC. The highest BCUT2D eigenvalue weighted by Crippen LogP contribution is 2.53. The number of ether oxygens (including phenoxy) is 2. The van der Waals surface area contributed by atoms with Crippen LogP contribution in [-0.2, 0) is 36.8 Å². The summed E-state index contributed by atoms with van der Waals surface area (Å²) in [6.07, 6.45) is -1.73. The van der Waals surface area contributed by atoms with Crippen molar-refractivity contribution in [2.45, 2.75) is 43.8 Å². The standard InChI is InChI=1S/C26H35N3O9/c1-29(2)15-7-12(9-28-10-17(37-3)38-4)21(31)19-14(15)6-11-5-13-8-16(30)20(25(27)35)24(34)26(13,36)23(33)18(11)22(19)32/h7,11,13,16-17,20,28,30-32,36H,5-6,8-10H2,1-4H3,(H2,27,35)/t11-,13+,16?,20?,26+/m1/s1. The highest BCUT2D eigenvalue weighted by molar-refractivity contribution is 6.24. The number of Topliss-reactive ketones (excluding diaryl/α,β-unsaturated/α-hetero) is 2. The lowest BCUT2D eigenvalue weighted by Crippen LogP contribution is -2.66. The topological polar surface area (TPSA) is 192 Å². The van der Waals surface area contributed by atoms with Gasteiger partial charge in [0.1, 0.15) is 17.4 Å². The van der Waals surface area contributed by atoms with Gasteiger partial charge >= 0.3 is 0 Å². The largest absolute Gasteiger partial charge is 0.507 e. The van der Waals surface area contributed by atoms with Gasteiger partial charge in [-0.15, -0.1) is 0 Å². The van der Waals surface area contributed by atoms with Crippen LogP contribution >= 0.6 is 0 Å². The van der Waals surface area contributed by atoms with Gasteiger partial charge in [-0.3, -0.25) is 14.4 Å². The summed E-state index contributed by atoms with van der Waals surface area (Å²) in [5.74, 6) is -7.34. The molecule has 0 heterocycles. The van der Waals surface area contributed by atoms with E-state index in [9.17, 15) is 34.8 Å². The minimum atomic E-state index is -2.61. The summed E-state index contributed by atoms with van der Waals surface area (Å²) in [4.78, 5) is 40.5. The first kappa shape index (κ1) is 28.0. The van der Waals surface area contributed by atoms with Crippen molar-refractivity contribution >= 4 is 28.9 Å². The molecule has 3 aliphatic rings. The Morgan fingerprint density at radius 3 is 2.47 bits per heavy atom. The number of nitrogens with zero attached hydrogens (tertiary/aromatic N) is 1. The number of phenolic OH excluding ortho intramolecular Hbond substituents is 1. The number of carbonyl (C=O) groups excluding carboxylic acids is 3. The Bertz CT molecular complexity index is 1190. The molecule has 1 amide bonds. The van der Waals surface area contributed by atoms with E-state index in [1.54, 1.807) is 6.07 Å². The number of aliphatic hydroxyl groups is 3. The first-order valence-electron chi connectivity index (χ1n) is 12.4. The number of primary amides is 1. The Labute approximate surface area is 220 Å². The number of nitrogens with two attached hydrogens (primary N) is 1. The smallest absolute Gasteiger partial charge is 0.230 e. The number of methoxy groups -OCH3 is 2. The summed E-state index contributed by atoms with van der Waals surface area (Å²) < 4.78 is 10.3. The van der Waals surface area contributed by atoms with Crippen LogP contribution in [0.25, 0.3) is 5.76 Å². The Morgan fingerprint density at radius 1 is 1.24 bits per heavy atom. The molecular formula is C26H35N3O9. The van der Waals surface area contributed by atoms with Crippen LogP contribution in [0.4, 0.5) is 5.69 Å². The van der Waals surface area contributed by atoms with Gasteiger partial charge in [-0.25, -0.2) is 0 Å². The summed E-state index contributed by atoms with van der Waals surface area (Å²) in [5.41, 5.74) is 4.34. The van der Waals surface area contributed by atoms with Crippen molar-refractivity contribution in [3.05, 3.63) is 28.3 Å². The molecule has 2 unspecified atom stereocenters. The molecule has 0 saturated heterocycles. The molecule has 1 aromatic carbocycles. The molecule has 0 aliphatic heterocycles. The fourth-order valence-electron chi connectivity index (χ4n) is 6.15. The molecule has 3 aliphatic carbocycles. The van der Waals surface area contributed by atoms with Crippen LogP contribution in [-0.4, -0.2) is 90.8 Å². The summed E-state index contributed by atoms with van der Waals surface area (Å²) in [5, 5.41) is 47.5. The molecule has 2 fully saturated rings. The highest BCUT2D eigenvalue weighted by atomic mass is 16.7. The first-order valence-corrected chi connectivity index (χ1v) is 12.4. The number of hydrogen-bond acceptors (Lipinski definition) is 11. The number of anilines is 1. The van der Waals surface area contributed by atoms with Gasteiger partial charge in [0.15, 0.2) is 17.7 Å². The van der Waals surface area contributed by atoms with Crippen LogP contribution in [0.2, 0.25) is 0 Å². The molecule has 7 N–H and O–H groups in total. The molecule has 0 aromatic heterocycles. The van der Waals surface area contributed by atoms with Gasteiger partial charge in [0.25, 0.3) is 0 Å². The van der Waals surface area contributed by atoms with Crippen LogP contribution in [0.3, 0.4) is 0 Å². The van der Waals surface area contributed by atoms with Crippen LogP contribution in [0.1, 0.15) is 29.5 Å². The number of fused-ring (bicyclic) bond motifs is 3. The Kier molecular flexibility index (Phi) is 7.56. The minimum Gasteiger partial charge on any atom is -0.507 e. The molecule has 38 heavy (non-hydrogen) atoms. The lowest BCUT2D eigenvalue weighted by Gasteiger charge is -2.48. The van der Waals surface area contributed by atoms with E-state index in [2.05, 4.69) is 5.32 Å². The summed E-state index contributed by atoms with van der Waals surface area (Å²) in [6, 6.07) is 1.79. The second-order valence-electron chi connectivity index (χ2n) is 10.4. The number of ketones is 2. The quantitative estimate of drug-likeness (QED) is 0.184. The zero-order valence-corrected chi connectivity index (χ0v) is 21.9. The molecule has 12 nitrogen and oxygen atoms in total. The van der Waals surface area contributed by atoms with E-state index in [1.807, 2.05) is 19.0 Å². The van der Waals surface area contributed by atoms with Gasteiger partial charge in [-0.2, -0.15) is 0 Å². The predicted octanol–water partition coefficient (Wildman–Crippen LogP) is -0.637. The van der Waals surface area contributed by atoms with E-state index in [-0.39, 0.29) is 42.7 Å². The molecule has 2 saturated carbocycles. The number of aromatic hydroxyl groups is 1. The number of nitrogens with one attached hydrogen (secondary N) is 1. The van der Waals surface area contributed by atoms with Crippen LogP contribution in [0.15, 0.2) is 11.6 Å². The summed E-state index contributed by atoms with van der Waals surface area (Å²) in [7, 11) is 6.63. The number of aliphatic hydroxyl groups excluding tert-OH is 2. The van der Waals surface area contributed by atoms with Crippen LogP contribution in [0.5, 0.6) is 5.75 Å². The van der Waals surface area contributed by atoms with Crippen LogP contribution < -0.4 is 16.0 Å². The Hall–Kier alpha value is -3.03. The Morgan fingerprint density at radius 2 is 1.89 bits per heavy atom. The average Bonchev–Trinajstić information content (AvgIpc) is 2.84. The molecule has 0 bridgehead atoms. The average molecular weight is 534 g/mol. The number of phenols is 1. The number of rotatable bonds is 8. The number of hydrogen-bond donors (Lipinski definition) is 6. The highest BCUT2D eigenvalue weighted by Gasteiger charge is 2.64. The fourth-order valence-corrected chi connectivity index (χ4v) is 6.15. The number of benzene rings is 1. The normalized spacial score (nSPS) is 28.7. The second-order valence-corrected chi connectivity index (χ2v) is 10.4. The molecule has 0 radical (unpaired) electrons. The third-order valence-electron chi connectivity index (χ3n) is 8.07. The number of carbonyl (C=O) groups is 3. The van der Waals surface area contributed by atoms with Gasteiger partial charge in [-0.1, -0.05) is 0 Å². The number of amides is 1. The van der Waals surface area contributed by atoms with E-state index < -0.39 is 59.0 Å². The Balaban J connectivity index is 1.79. The van der Waals surface area contributed by atoms with Gasteiger partial charge in [-0.05, 0) is 36.8 Å². The van der Waals surface area contributed by atoms with Crippen molar-refractivity contribution in [2.75, 3.05) is 39.8 Å². The maximum atomic E-state index is 13.7. The van der Waals surface area contributed by atoms with Gasteiger partial charge in [0.2, 0.25) is 11.7 Å². The second kappa shape index (κ2) is 10.3. The molecule has 208 valence electrons. The maximum absolute atomic E-state index is 13.7. The van der Waals surface area contributed by atoms with E-state index in [0.717, 1.165) is 5.69 Å². The lowest BCUT2D eigenvalue weighted by atomic mass is 9.56. The van der Waals surface area contributed by atoms with E-state index in [1.165, 1.54) is 14.2 Å². The minimum absolute atomic E-state index is 0.0550. The predicted molar refractivity (Wildman–Crippen MR) is 135 cm³/mol. The van der Waals surface area contributed by atoms with Crippen LogP contribution in [0, 0.1) is 17.8 Å². The monoisotopic (exact) mass is 533 g/mol.